The van der Waals surface area contributed by atoms with Crippen LogP contribution in [0.4, 0.5) is 5.95 Å². The molecule has 0 radical (unpaired) electrons. The van der Waals surface area contributed by atoms with Crippen LogP contribution in [0.15, 0.2) is 44.5 Å². The van der Waals surface area contributed by atoms with Gasteiger partial charge in [-0.2, -0.15) is 0 Å². The fraction of sp³-hybridized carbons (Fsp3) is 0.476. The molecule has 1 saturated heterocycles. The number of hydrogen-bond acceptors (Lipinski definition) is 8. The van der Waals surface area contributed by atoms with Crippen LogP contribution in [0.3, 0.4) is 0 Å². The van der Waals surface area contributed by atoms with Crippen LogP contribution in [-0.2, 0) is 17.0 Å². The predicted molar refractivity (Wildman–Crippen MR) is 113 cm³/mol. The highest BCUT2D eigenvalue weighted by Gasteiger charge is 2.27. The molecule has 4 heterocycles. The van der Waals surface area contributed by atoms with Crippen molar-refractivity contribution in [3.05, 3.63) is 47.8 Å². The molecule has 1 aliphatic rings. The lowest BCUT2D eigenvalue weighted by molar-refractivity contribution is 0.0563. The van der Waals surface area contributed by atoms with Crippen molar-refractivity contribution in [3.8, 4) is 0 Å². The lowest BCUT2D eigenvalue weighted by atomic mass is 9.92. The van der Waals surface area contributed by atoms with Gasteiger partial charge in [0.25, 0.3) is 0 Å². The summed E-state index contributed by atoms with van der Waals surface area (Å²) in [5.41, 5.74) is 0. The average Bonchev–Trinajstić information content (AvgIpc) is 3.47. The van der Waals surface area contributed by atoms with Crippen molar-refractivity contribution < 1.29 is 18.4 Å². The summed E-state index contributed by atoms with van der Waals surface area (Å²) in [6.07, 6.45) is 2.90. The van der Waals surface area contributed by atoms with Crippen molar-refractivity contribution in [3.63, 3.8) is 0 Å². The van der Waals surface area contributed by atoms with Crippen LogP contribution < -0.4 is 4.90 Å². The molecule has 0 N–H and O–H groups in total. The molecule has 160 valence electrons. The topological polar surface area (TPSA) is 86.5 Å². The highest BCUT2D eigenvalue weighted by molar-refractivity contribution is 7.98. The van der Waals surface area contributed by atoms with Gasteiger partial charge in [0, 0.05) is 13.1 Å². The van der Waals surface area contributed by atoms with Crippen molar-refractivity contribution >= 4 is 23.7 Å². The number of carbonyl (C=O) groups excluding carboxylic acids is 1. The van der Waals surface area contributed by atoms with Gasteiger partial charge < -0.3 is 18.5 Å². The van der Waals surface area contributed by atoms with E-state index >= 15 is 0 Å². The molecule has 0 aromatic carbocycles. The standard InChI is InChI=1S/C21H26N4O4S/c1-14-9-15(2)11-24(10-14)20-22-23-21(25(20)12-16-5-4-8-28-16)30-13-17-6-7-18(29-17)19(26)27-3/h4-8,14-15H,9-13H2,1-3H3. The third-order valence-corrected chi connectivity index (χ3v) is 6.12. The second kappa shape index (κ2) is 8.99. The van der Waals surface area contributed by atoms with E-state index in [9.17, 15) is 4.79 Å². The lowest BCUT2D eigenvalue weighted by Gasteiger charge is -2.35. The molecular formula is C21H26N4O4S. The van der Waals surface area contributed by atoms with E-state index in [-0.39, 0.29) is 5.76 Å². The van der Waals surface area contributed by atoms with Crippen LogP contribution in [0.25, 0.3) is 0 Å². The van der Waals surface area contributed by atoms with E-state index in [1.807, 2.05) is 12.1 Å². The Morgan fingerprint density at radius 2 is 2.00 bits per heavy atom. The summed E-state index contributed by atoms with van der Waals surface area (Å²) in [4.78, 5) is 13.9. The van der Waals surface area contributed by atoms with Crippen LogP contribution in [-0.4, -0.2) is 40.9 Å². The first-order valence-corrected chi connectivity index (χ1v) is 11.0. The fourth-order valence-electron chi connectivity index (χ4n) is 3.95. The minimum Gasteiger partial charge on any atom is -0.467 e. The molecule has 2 atom stereocenters. The van der Waals surface area contributed by atoms with E-state index in [1.165, 1.54) is 25.3 Å². The third-order valence-electron chi connectivity index (χ3n) is 5.13. The smallest absolute Gasteiger partial charge is 0.373 e. The Hall–Kier alpha value is -2.68. The van der Waals surface area contributed by atoms with Crippen LogP contribution in [0, 0.1) is 11.8 Å². The van der Waals surface area contributed by atoms with Gasteiger partial charge in [-0.15, -0.1) is 10.2 Å². The number of aromatic nitrogens is 3. The van der Waals surface area contributed by atoms with Crippen LogP contribution in [0.2, 0.25) is 0 Å². The number of hydrogen-bond donors (Lipinski definition) is 0. The zero-order chi connectivity index (χ0) is 21.1. The molecule has 1 fully saturated rings. The van der Waals surface area contributed by atoms with Gasteiger partial charge in [0.1, 0.15) is 11.5 Å². The quantitative estimate of drug-likeness (QED) is 0.409. The number of esters is 1. The van der Waals surface area contributed by atoms with Gasteiger partial charge in [-0.3, -0.25) is 4.57 Å². The van der Waals surface area contributed by atoms with E-state index in [1.54, 1.807) is 18.4 Å². The summed E-state index contributed by atoms with van der Waals surface area (Å²) in [6, 6.07) is 7.24. The minimum atomic E-state index is -0.483. The summed E-state index contributed by atoms with van der Waals surface area (Å²) in [7, 11) is 1.33. The van der Waals surface area contributed by atoms with E-state index in [4.69, 9.17) is 13.6 Å². The predicted octanol–water partition coefficient (Wildman–Crippen LogP) is 4.07. The molecule has 3 aromatic rings. The van der Waals surface area contributed by atoms with Crippen molar-refractivity contribution in [2.75, 3.05) is 25.1 Å². The maximum atomic E-state index is 11.6. The van der Waals surface area contributed by atoms with Gasteiger partial charge in [-0.05, 0) is 42.5 Å². The SMILES string of the molecule is COC(=O)c1ccc(CSc2nnc(N3CC(C)CC(C)C3)n2Cc2ccco2)o1. The summed E-state index contributed by atoms with van der Waals surface area (Å²) in [5.74, 6) is 3.85. The second-order valence-corrected chi connectivity index (χ2v) is 8.79. The molecule has 8 nitrogen and oxygen atoms in total. The Bertz CT molecular complexity index is 971. The van der Waals surface area contributed by atoms with Crippen LogP contribution in [0.5, 0.6) is 0 Å². The largest absolute Gasteiger partial charge is 0.467 e. The molecule has 0 amide bonds. The van der Waals surface area contributed by atoms with E-state index in [2.05, 4.69) is 33.5 Å². The maximum absolute atomic E-state index is 11.6. The Balaban J connectivity index is 1.55. The Morgan fingerprint density at radius 1 is 1.20 bits per heavy atom. The molecular weight excluding hydrogens is 404 g/mol. The van der Waals surface area contributed by atoms with Crippen molar-refractivity contribution in [2.24, 2.45) is 11.8 Å². The molecule has 0 spiro atoms. The summed E-state index contributed by atoms with van der Waals surface area (Å²) >= 11 is 1.52. The Morgan fingerprint density at radius 3 is 2.70 bits per heavy atom. The molecule has 4 rings (SSSR count). The minimum absolute atomic E-state index is 0.196. The average molecular weight is 431 g/mol. The highest BCUT2D eigenvalue weighted by atomic mass is 32.2. The first kappa shape index (κ1) is 20.6. The number of thioether (sulfide) groups is 1. The zero-order valence-electron chi connectivity index (χ0n) is 17.4. The number of piperidine rings is 1. The van der Waals surface area contributed by atoms with Gasteiger partial charge in [0.15, 0.2) is 5.16 Å². The highest BCUT2D eigenvalue weighted by Crippen LogP contribution is 2.30. The first-order valence-electron chi connectivity index (χ1n) is 10.0. The molecule has 1 aliphatic heterocycles. The number of anilines is 1. The van der Waals surface area contributed by atoms with Gasteiger partial charge >= 0.3 is 5.97 Å². The van der Waals surface area contributed by atoms with E-state index < -0.39 is 5.97 Å². The van der Waals surface area contributed by atoms with Gasteiger partial charge in [0.05, 0.1) is 25.7 Å². The van der Waals surface area contributed by atoms with Gasteiger partial charge in [-0.1, -0.05) is 25.6 Å². The van der Waals surface area contributed by atoms with Crippen molar-refractivity contribution in [1.29, 1.82) is 0 Å². The van der Waals surface area contributed by atoms with Crippen molar-refractivity contribution in [2.45, 2.75) is 37.7 Å². The molecule has 9 heteroatoms. The monoisotopic (exact) mass is 430 g/mol. The number of nitrogens with zero attached hydrogens (tertiary/aromatic N) is 4. The number of ether oxygens (including phenoxy) is 1. The van der Waals surface area contributed by atoms with Crippen LogP contribution >= 0.6 is 11.8 Å². The number of rotatable bonds is 7. The third kappa shape index (κ3) is 4.56. The maximum Gasteiger partial charge on any atom is 0.373 e. The molecule has 3 aromatic heterocycles. The Kier molecular flexibility index (Phi) is 6.17. The molecule has 2 unspecified atom stereocenters. The zero-order valence-corrected chi connectivity index (χ0v) is 18.2. The number of furan rings is 2. The molecule has 0 bridgehead atoms. The first-order chi connectivity index (χ1) is 14.5. The van der Waals surface area contributed by atoms with Gasteiger partial charge in [-0.25, -0.2) is 4.79 Å². The molecule has 0 aliphatic carbocycles. The Labute approximate surface area is 179 Å². The second-order valence-electron chi connectivity index (χ2n) is 7.85. The summed E-state index contributed by atoms with van der Waals surface area (Å²) in [5, 5.41) is 9.76. The molecule has 30 heavy (non-hydrogen) atoms. The summed E-state index contributed by atoms with van der Waals surface area (Å²) < 4.78 is 17.9. The number of methoxy groups -OCH3 is 1. The van der Waals surface area contributed by atoms with Crippen LogP contribution in [0.1, 0.15) is 42.3 Å². The lowest BCUT2D eigenvalue weighted by Crippen LogP contribution is -2.40. The van der Waals surface area contributed by atoms with E-state index in [0.29, 0.717) is 29.9 Å². The normalized spacial score (nSPS) is 19.2. The number of carbonyl (C=O) groups is 1. The van der Waals surface area contributed by atoms with Crippen molar-refractivity contribution in [1.82, 2.24) is 14.8 Å². The van der Waals surface area contributed by atoms with E-state index in [0.717, 1.165) is 30.0 Å². The fourth-order valence-corrected chi connectivity index (χ4v) is 4.77. The van der Waals surface area contributed by atoms with Gasteiger partial charge in [0.2, 0.25) is 11.7 Å². The molecule has 0 saturated carbocycles. The summed E-state index contributed by atoms with van der Waals surface area (Å²) in [6.45, 7) is 7.04.